The number of benzene rings is 1. The number of carbonyl (C=O) groups excluding carboxylic acids is 1. The van der Waals surface area contributed by atoms with E-state index < -0.39 is 5.91 Å². The Balaban J connectivity index is 1.93. The molecule has 0 spiro atoms. The van der Waals surface area contributed by atoms with Crippen molar-refractivity contribution in [3.05, 3.63) is 51.4 Å². The van der Waals surface area contributed by atoms with Crippen molar-refractivity contribution in [2.45, 2.75) is 6.61 Å². The fourth-order valence-corrected chi connectivity index (χ4v) is 3.45. The van der Waals surface area contributed by atoms with Crippen molar-refractivity contribution in [1.29, 1.82) is 0 Å². The van der Waals surface area contributed by atoms with E-state index >= 15 is 0 Å². The molecule has 3 rings (SSSR count). The number of aromatic nitrogens is 1. The molecular weight excluding hydrogens is 366 g/mol. The van der Waals surface area contributed by atoms with E-state index in [-0.39, 0.29) is 0 Å². The third-order valence-electron chi connectivity index (χ3n) is 3.17. The number of anilines is 1. The van der Waals surface area contributed by atoms with Crippen LogP contribution in [0.4, 0.5) is 5.82 Å². The Morgan fingerprint density at radius 3 is 2.73 bits per heavy atom. The fourth-order valence-electron chi connectivity index (χ4n) is 2.10. The molecule has 5 nitrogen and oxygen atoms in total. The first-order chi connectivity index (χ1) is 10.6. The molecule has 0 radical (unpaired) electrons. The molecule has 7 heteroatoms. The molecular formula is C15H12BrN3O2S. The highest BCUT2D eigenvalue weighted by Crippen LogP contribution is 2.33. The van der Waals surface area contributed by atoms with E-state index in [1.807, 2.05) is 29.6 Å². The second kappa shape index (κ2) is 5.94. The van der Waals surface area contributed by atoms with Crippen LogP contribution in [-0.4, -0.2) is 10.9 Å². The number of carbonyl (C=O) groups is 1. The van der Waals surface area contributed by atoms with Gasteiger partial charge < -0.3 is 16.2 Å². The minimum atomic E-state index is -0.514. The molecule has 0 aliphatic rings. The normalized spacial score (nSPS) is 10.8. The maximum absolute atomic E-state index is 11.5. The van der Waals surface area contributed by atoms with Crippen LogP contribution in [0.1, 0.15) is 15.9 Å². The topological polar surface area (TPSA) is 91.2 Å². The molecule has 22 heavy (non-hydrogen) atoms. The van der Waals surface area contributed by atoms with Crippen LogP contribution >= 0.6 is 27.3 Å². The monoisotopic (exact) mass is 377 g/mol. The van der Waals surface area contributed by atoms with E-state index in [4.69, 9.17) is 16.2 Å². The van der Waals surface area contributed by atoms with Gasteiger partial charge in [-0.25, -0.2) is 4.98 Å². The number of ether oxygens (including phenoxy) is 1. The molecule has 4 N–H and O–H groups in total. The van der Waals surface area contributed by atoms with Crippen molar-refractivity contribution in [3.8, 4) is 5.75 Å². The highest BCUT2D eigenvalue weighted by Gasteiger charge is 2.15. The van der Waals surface area contributed by atoms with Gasteiger partial charge in [0.15, 0.2) is 0 Å². The first-order valence-corrected chi connectivity index (χ1v) is 8.06. The molecule has 2 heterocycles. The van der Waals surface area contributed by atoms with Gasteiger partial charge in [0.2, 0.25) is 0 Å². The SMILES string of the molecule is NC(=O)c1cnc(N)c2c(COc3ccc(Br)cc3)csc12. The number of nitrogens with zero attached hydrogens (tertiary/aromatic N) is 1. The van der Waals surface area contributed by atoms with Crippen LogP contribution in [0, 0.1) is 0 Å². The zero-order valence-electron chi connectivity index (χ0n) is 11.4. The van der Waals surface area contributed by atoms with Crippen molar-refractivity contribution in [3.63, 3.8) is 0 Å². The Kier molecular flexibility index (Phi) is 4.00. The maximum atomic E-state index is 11.5. The van der Waals surface area contributed by atoms with Gasteiger partial charge in [-0.15, -0.1) is 11.3 Å². The lowest BCUT2D eigenvalue weighted by atomic mass is 10.1. The average molecular weight is 378 g/mol. The lowest BCUT2D eigenvalue weighted by molar-refractivity contribution is 0.100. The van der Waals surface area contributed by atoms with E-state index in [2.05, 4.69) is 20.9 Å². The second-order valence-corrected chi connectivity index (χ2v) is 6.42. The quantitative estimate of drug-likeness (QED) is 0.729. The van der Waals surface area contributed by atoms with Crippen molar-refractivity contribution < 1.29 is 9.53 Å². The first-order valence-electron chi connectivity index (χ1n) is 6.39. The van der Waals surface area contributed by atoms with Gasteiger partial charge >= 0.3 is 0 Å². The van der Waals surface area contributed by atoms with Crippen LogP contribution in [0.15, 0.2) is 40.3 Å². The van der Waals surface area contributed by atoms with E-state index in [0.717, 1.165) is 25.9 Å². The molecule has 0 unspecified atom stereocenters. The number of nitrogen functional groups attached to an aromatic ring is 1. The minimum Gasteiger partial charge on any atom is -0.489 e. The first kappa shape index (κ1) is 14.8. The second-order valence-electron chi connectivity index (χ2n) is 4.63. The van der Waals surface area contributed by atoms with Gasteiger partial charge in [0.1, 0.15) is 18.2 Å². The predicted molar refractivity (Wildman–Crippen MR) is 91.0 cm³/mol. The lowest BCUT2D eigenvalue weighted by Crippen LogP contribution is -2.12. The van der Waals surface area contributed by atoms with Crippen LogP contribution in [-0.2, 0) is 6.61 Å². The third kappa shape index (κ3) is 2.77. The standard InChI is InChI=1S/C15H12BrN3O2S/c16-9-1-3-10(4-2-9)21-6-8-7-22-13-11(15(18)20)5-19-14(17)12(8)13/h1-5,7H,6H2,(H2,17,19)(H2,18,20). The van der Waals surface area contributed by atoms with Crippen molar-refractivity contribution >= 4 is 49.1 Å². The van der Waals surface area contributed by atoms with E-state index in [1.165, 1.54) is 17.5 Å². The molecule has 0 saturated carbocycles. The summed E-state index contributed by atoms with van der Waals surface area (Å²) >= 11 is 4.79. The third-order valence-corrected chi connectivity index (χ3v) is 4.76. The molecule has 0 fully saturated rings. The Bertz CT molecular complexity index is 846. The Labute approximate surface area is 139 Å². The molecule has 0 aliphatic heterocycles. The van der Waals surface area contributed by atoms with Gasteiger partial charge in [0, 0.05) is 21.6 Å². The number of hydrogen-bond acceptors (Lipinski definition) is 5. The van der Waals surface area contributed by atoms with Crippen LogP contribution < -0.4 is 16.2 Å². The van der Waals surface area contributed by atoms with Crippen molar-refractivity contribution in [2.75, 3.05) is 5.73 Å². The molecule has 1 amide bonds. The Morgan fingerprint density at radius 2 is 2.05 bits per heavy atom. The molecule has 3 aromatic rings. The number of primary amides is 1. The predicted octanol–water partition coefficient (Wildman–Crippen LogP) is 3.32. The van der Waals surface area contributed by atoms with Gasteiger partial charge in [-0.2, -0.15) is 0 Å². The summed E-state index contributed by atoms with van der Waals surface area (Å²) in [5.41, 5.74) is 12.6. The van der Waals surface area contributed by atoms with Gasteiger partial charge in [-0.05, 0) is 29.6 Å². The highest BCUT2D eigenvalue weighted by atomic mass is 79.9. The number of fused-ring (bicyclic) bond motifs is 1. The number of halogens is 1. The Hall–Kier alpha value is -2.12. The highest BCUT2D eigenvalue weighted by molar-refractivity contribution is 9.10. The summed E-state index contributed by atoms with van der Waals surface area (Å²) in [5.74, 6) is 0.607. The molecule has 1 aromatic carbocycles. The van der Waals surface area contributed by atoms with Crippen LogP contribution in [0.3, 0.4) is 0 Å². The summed E-state index contributed by atoms with van der Waals surface area (Å²) in [7, 11) is 0. The molecule has 112 valence electrons. The summed E-state index contributed by atoms with van der Waals surface area (Å²) in [6.45, 7) is 0.343. The lowest BCUT2D eigenvalue weighted by Gasteiger charge is -2.07. The summed E-state index contributed by atoms with van der Waals surface area (Å²) in [5, 5.41) is 2.65. The largest absolute Gasteiger partial charge is 0.489 e. The van der Waals surface area contributed by atoms with Gasteiger partial charge in [0.25, 0.3) is 5.91 Å². The molecule has 0 atom stereocenters. The van der Waals surface area contributed by atoms with Gasteiger partial charge in [-0.3, -0.25) is 4.79 Å². The molecule has 0 bridgehead atoms. The van der Waals surface area contributed by atoms with E-state index in [1.54, 1.807) is 0 Å². The summed E-state index contributed by atoms with van der Waals surface area (Å²) in [6, 6.07) is 7.55. The van der Waals surface area contributed by atoms with Crippen molar-refractivity contribution in [2.24, 2.45) is 5.73 Å². The molecule has 0 aliphatic carbocycles. The van der Waals surface area contributed by atoms with Crippen LogP contribution in [0.25, 0.3) is 10.1 Å². The zero-order chi connectivity index (χ0) is 15.7. The molecule has 2 aromatic heterocycles. The summed E-state index contributed by atoms with van der Waals surface area (Å²) < 4.78 is 7.49. The van der Waals surface area contributed by atoms with Crippen LogP contribution in [0.2, 0.25) is 0 Å². The number of thiophene rings is 1. The van der Waals surface area contributed by atoms with Gasteiger partial charge in [0.05, 0.1) is 10.3 Å². The Morgan fingerprint density at radius 1 is 1.32 bits per heavy atom. The van der Waals surface area contributed by atoms with Crippen molar-refractivity contribution in [1.82, 2.24) is 4.98 Å². The summed E-state index contributed by atoms with van der Waals surface area (Å²) in [4.78, 5) is 15.5. The zero-order valence-corrected chi connectivity index (χ0v) is 13.8. The van der Waals surface area contributed by atoms with Gasteiger partial charge in [-0.1, -0.05) is 15.9 Å². The average Bonchev–Trinajstić information content (AvgIpc) is 2.91. The fraction of sp³-hybridized carbons (Fsp3) is 0.0667. The van der Waals surface area contributed by atoms with E-state index in [0.29, 0.717) is 18.0 Å². The number of hydrogen-bond donors (Lipinski definition) is 2. The maximum Gasteiger partial charge on any atom is 0.251 e. The van der Waals surface area contributed by atoms with E-state index in [9.17, 15) is 4.79 Å². The number of nitrogens with two attached hydrogens (primary N) is 2. The smallest absolute Gasteiger partial charge is 0.251 e. The number of amides is 1. The number of pyridine rings is 1. The van der Waals surface area contributed by atoms with Crippen LogP contribution in [0.5, 0.6) is 5.75 Å². The molecule has 0 saturated heterocycles. The summed E-state index contributed by atoms with van der Waals surface area (Å²) in [6.07, 6.45) is 1.41. The number of rotatable bonds is 4. The minimum absolute atomic E-state index is 0.343.